The molecular formula is C15H29NO3. The molecule has 0 aromatic rings. The monoisotopic (exact) mass is 271 g/mol. The first-order chi connectivity index (χ1) is 8.81. The minimum atomic E-state index is -0.425. The van der Waals surface area contributed by atoms with E-state index in [0.717, 1.165) is 45.2 Å². The summed E-state index contributed by atoms with van der Waals surface area (Å²) in [5, 5.41) is 9.82. The molecule has 1 amide bonds. The van der Waals surface area contributed by atoms with Crippen LogP contribution in [-0.4, -0.2) is 40.9 Å². The molecule has 4 nitrogen and oxygen atoms in total. The Morgan fingerprint density at radius 2 is 1.95 bits per heavy atom. The molecule has 1 unspecified atom stereocenters. The number of ether oxygens (including phenoxy) is 1. The minimum Gasteiger partial charge on any atom is -0.444 e. The molecule has 4 heteroatoms. The second-order valence-electron chi connectivity index (χ2n) is 6.59. The van der Waals surface area contributed by atoms with Gasteiger partial charge in [0, 0.05) is 13.1 Å². The third-order valence-corrected chi connectivity index (χ3v) is 3.49. The number of aliphatic hydroxyl groups is 1. The lowest BCUT2D eigenvalue weighted by atomic mass is 9.90. The zero-order chi connectivity index (χ0) is 14.5. The van der Waals surface area contributed by atoms with Crippen molar-refractivity contribution in [1.82, 2.24) is 4.90 Å². The Labute approximate surface area is 117 Å². The molecule has 1 N–H and O–H groups in total. The number of likely N-dealkylation sites (tertiary alicyclic amines) is 1. The molecule has 1 fully saturated rings. The molecule has 0 aromatic carbocycles. The van der Waals surface area contributed by atoms with Gasteiger partial charge < -0.3 is 14.7 Å². The molecule has 0 radical (unpaired) electrons. The van der Waals surface area contributed by atoms with Gasteiger partial charge in [-0.3, -0.25) is 0 Å². The Kier molecular flexibility index (Phi) is 6.11. The van der Waals surface area contributed by atoms with Crippen LogP contribution in [-0.2, 0) is 4.74 Å². The number of carbonyl (C=O) groups excluding carboxylic acids is 1. The van der Waals surface area contributed by atoms with Crippen molar-refractivity contribution in [2.45, 2.75) is 71.5 Å². The molecule has 19 heavy (non-hydrogen) atoms. The van der Waals surface area contributed by atoms with Crippen molar-refractivity contribution in [3.05, 3.63) is 0 Å². The molecule has 112 valence electrons. The van der Waals surface area contributed by atoms with Crippen LogP contribution in [0.4, 0.5) is 4.79 Å². The number of aliphatic hydroxyl groups excluding tert-OH is 1. The van der Waals surface area contributed by atoms with Gasteiger partial charge in [0.15, 0.2) is 0 Å². The van der Waals surface area contributed by atoms with E-state index < -0.39 is 5.60 Å². The van der Waals surface area contributed by atoms with E-state index in [1.165, 1.54) is 0 Å². The van der Waals surface area contributed by atoms with Crippen molar-refractivity contribution in [2.75, 3.05) is 13.1 Å². The predicted octanol–water partition coefficient (Wildman–Crippen LogP) is 3.18. The van der Waals surface area contributed by atoms with E-state index in [9.17, 15) is 9.90 Å². The van der Waals surface area contributed by atoms with Gasteiger partial charge >= 0.3 is 6.09 Å². The Hall–Kier alpha value is -0.770. The van der Waals surface area contributed by atoms with Crippen molar-refractivity contribution in [3.8, 4) is 0 Å². The fraction of sp³-hybridized carbons (Fsp3) is 0.933. The molecule has 1 aliphatic heterocycles. The smallest absolute Gasteiger partial charge is 0.410 e. The van der Waals surface area contributed by atoms with Crippen molar-refractivity contribution < 1.29 is 14.6 Å². The van der Waals surface area contributed by atoms with Crippen LogP contribution in [0, 0.1) is 5.92 Å². The van der Waals surface area contributed by atoms with Crippen molar-refractivity contribution in [1.29, 1.82) is 0 Å². The minimum absolute atomic E-state index is 0.178. The summed E-state index contributed by atoms with van der Waals surface area (Å²) in [4.78, 5) is 13.7. The second kappa shape index (κ2) is 7.13. The summed E-state index contributed by atoms with van der Waals surface area (Å²) in [5.41, 5.74) is -0.425. The van der Waals surface area contributed by atoms with Crippen LogP contribution < -0.4 is 0 Å². The van der Waals surface area contributed by atoms with Gasteiger partial charge in [-0.1, -0.05) is 13.3 Å². The maximum Gasteiger partial charge on any atom is 0.410 e. The van der Waals surface area contributed by atoms with Gasteiger partial charge in [-0.05, 0) is 52.4 Å². The molecule has 1 atom stereocenters. The highest BCUT2D eigenvalue weighted by Gasteiger charge is 2.27. The summed E-state index contributed by atoms with van der Waals surface area (Å²) >= 11 is 0. The second-order valence-corrected chi connectivity index (χ2v) is 6.59. The van der Waals surface area contributed by atoms with Gasteiger partial charge in [-0.15, -0.1) is 0 Å². The average Bonchev–Trinajstić information content (AvgIpc) is 2.27. The van der Waals surface area contributed by atoms with E-state index >= 15 is 0 Å². The lowest BCUT2D eigenvalue weighted by molar-refractivity contribution is 0.0160. The highest BCUT2D eigenvalue weighted by atomic mass is 16.6. The van der Waals surface area contributed by atoms with Gasteiger partial charge in [-0.25, -0.2) is 4.79 Å². The van der Waals surface area contributed by atoms with Gasteiger partial charge in [-0.2, -0.15) is 0 Å². The molecule has 0 saturated carbocycles. The highest BCUT2D eigenvalue weighted by molar-refractivity contribution is 5.68. The van der Waals surface area contributed by atoms with Crippen LogP contribution in [0.25, 0.3) is 0 Å². The fourth-order valence-corrected chi connectivity index (χ4v) is 2.51. The summed E-state index contributed by atoms with van der Waals surface area (Å²) in [6, 6.07) is 0. The molecule has 0 aromatic heterocycles. The van der Waals surface area contributed by atoms with Crippen LogP contribution in [0.3, 0.4) is 0 Å². The van der Waals surface area contributed by atoms with Gasteiger partial charge in [0.25, 0.3) is 0 Å². The topological polar surface area (TPSA) is 49.8 Å². The van der Waals surface area contributed by atoms with E-state index in [-0.39, 0.29) is 12.2 Å². The van der Waals surface area contributed by atoms with E-state index in [0.29, 0.717) is 5.92 Å². The first kappa shape index (κ1) is 16.3. The summed E-state index contributed by atoms with van der Waals surface area (Å²) in [5.74, 6) is 0.542. The quantitative estimate of drug-likeness (QED) is 0.854. The molecule has 1 saturated heterocycles. The van der Waals surface area contributed by atoms with E-state index in [2.05, 4.69) is 6.92 Å². The van der Waals surface area contributed by atoms with Crippen molar-refractivity contribution in [2.24, 2.45) is 5.92 Å². The van der Waals surface area contributed by atoms with E-state index in [1.54, 1.807) is 4.90 Å². The third kappa shape index (κ3) is 6.28. The summed E-state index contributed by atoms with van der Waals surface area (Å²) in [6.45, 7) is 9.25. The van der Waals surface area contributed by atoms with Gasteiger partial charge in [0.2, 0.25) is 0 Å². The number of rotatable bonds is 4. The summed E-state index contributed by atoms with van der Waals surface area (Å²) in [6.07, 6.45) is 4.34. The maximum absolute atomic E-state index is 11.9. The van der Waals surface area contributed by atoms with Crippen molar-refractivity contribution in [3.63, 3.8) is 0 Å². The molecular weight excluding hydrogens is 242 g/mol. The molecule has 1 aliphatic rings. The maximum atomic E-state index is 11.9. The summed E-state index contributed by atoms with van der Waals surface area (Å²) in [7, 11) is 0. The molecule has 0 aliphatic carbocycles. The van der Waals surface area contributed by atoms with Gasteiger partial charge in [0.1, 0.15) is 5.60 Å². The van der Waals surface area contributed by atoms with Crippen LogP contribution in [0.15, 0.2) is 0 Å². The fourth-order valence-electron chi connectivity index (χ4n) is 2.51. The van der Waals surface area contributed by atoms with E-state index in [1.807, 2.05) is 20.8 Å². The third-order valence-electron chi connectivity index (χ3n) is 3.49. The van der Waals surface area contributed by atoms with Crippen LogP contribution in [0.5, 0.6) is 0 Å². The predicted molar refractivity (Wildman–Crippen MR) is 76.1 cm³/mol. The Bertz CT molecular complexity index is 278. The lowest BCUT2D eigenvalue weighted by Crippen LogP contribution is -2.42. The zero-order valence-corrected chi connectivity index (χ0v) is 12.8. The SMILES string of the molecule is CCCC(O)CC1CCN(C(=O)OC(C)(C)C)CC1. The Morgan fingerprint density at radius 1 is 1.37 bits per heavy atom. The first-order valence-electron chi connectivity index (χ1n) is 7.47. The number of nitrogens with zero attached hydrogens (tertiary/aromatic N) is 1. The van der Waals surface area contributed by atoms with E-state index in [4.69, 9.17) is 4.74 Å². The first-order valence-corrected chi connectivity index (χ1v) is 7.47. The Balaban J connectivity index is 2.30. The average molecular weight is 271 g/mol. The molecule has 1 heterocycles. The number of hydrogen-bond acceptors (Lipinski definition) is 3. The zero-order valence-electron chi connectivity index (χ0n) is 12.8. The number of carbonyl (C=O) groups is 1. The normalized spacial score (nSPS) is 19.3. The molecule has 0 spiro atoms. The lowest BCUT2D eigenvalue weighted by Gasteiger charge is -2.34. The van der Waals surface area contributed by atoms with Crippen LogP contribution in [0.1, 0.15) is 59.8 Å². The number of piperidine rings is 1. The summed E-state index contributed by atoms with van der Waals surface area (Å²) < 4.78 is 5.37. The van der Waals surface area contributed by atoms with Crippen LogP contribution in [0.2, 0.25) is 0 Å². The standard InChI is InChI=1S/C15H29NO3/c1-5-6-13(17)11-12-7-9-16(10-8-12)14(18)19-15(2,3)4/h12-13,17H,5-11H2,1-4H3. The highest BCUT2D eigenvalue weighted by Crippen LogP contribution is 2.24. The largest absolute Gasteiger partial charge is 0.444 e. The van der Waals surface area contributed by atoms with Crippen molar-refractivity contribution >= 4 is 6.09 Å². The Morgan fingerprint density at radius 3 is 2.42 bits per heavy atom. The molecule has 0 bridgehead atoms. The van der Waals surface area contributed by atoms with Gasteiger partial charge in [0.05, 0.1) is 6.10 Å². The van der Waals surface area contributed by atoms with Crippen LogP contribution >= 0.6 is 0 Å². The number of hydrogen-bond donors (Lipinski definition) is 1. The number of amides is 1. The molecule has 1 rings (SSSR count).